The highest BCUT2D eigenvalue weighted by Crippen LogP contribution is 2.44. The Hall–Kier alpha value is -1.46. The Balaban J connectivity index is 2.41. The zero-order valence-corrected chi connectivity index (χ0v) is 14.1. The van der Waals surface area contributed by atoms with Crippen molar-refractivity contribution in [3.05, 3.63) is 17.7 Å². The van der Waals surface area contributed by atoms with Crippen LogP contribution in [0.3, 0.4) is 0 Å². The predicted molar refractivity (Wildman–Crippen MR) is 88.2 cm³/mol. The molecule has 1 saturated heterocycles. The van der Waals surface area contributed by atoms with Crippen LogP contribution in [0.25, 0.3) is 0 Å². The van der Waals surface area contributed by atoms with Gasteiger partial charge in [-0.05, 0) is 50.2 Å². The molecule has 0 radical (unpaired) electrons. The molecule has 2 N–H and O–H groups in total. The van der Waals surface area contributed by atoms with E-state index in [-0.39, 0.29) is 5.41 Å². The quantitative estimate of drug-likeness (QED) is 0.871. The van der Waals surface area contributed by atoms with Crippen LogP contribution in [0.5, 0.6) is 17.2 Å². The molecule has 1 aromatic rings. The zero-order valence-electron chi connectivity index (χ0n) is 14.1. The molecule has 0 aliphatic carbocycles. The molecule has 0 unspecified atom stereocenters. The Kier molecular flexibility index (Phi) is 5.53. The number of hydrogen-bond acceptors (Lipinski definition) is 5. The number of piperidine rings is 1. The summed E-state index contributed by atoms with van der Waals surface area (Å²) in [6, 6.07) is 4.10. The summed E-state index contributed by atoms with van der Waals surface area (Å²) in [4.78, 5) is 2.46. The van der Waals surface area contributed by atoms with Gasteiger partial charge in [0.05, 0.1) is 21.3 Å². The van der Waals surface area contributed by atoms with Gasteiger partial charge in [-0.3, -0.25) is 0 Å². The third-order valence-electron chi connectivity index (χ3n) is 4.93. The van der Waals surface area contributed by atoms with E-state index in [9.17, 15) is 0 Å². The van der Waals surface area contributed by atoms with E-state index in [4.69, 9.17) is 19.9 Å². The van der Waals surface area contributed by atoms with Crippen LogP contribution in [0.4, 0.5) is 0 Å². The van der Waals surface area contributed by atoms with E-state index < -0.39 is 0 Å². The highest BCUT2D eigenvalue weighted by Gasteiger charge is 2.36. The summed E-state index contributed by atoms with van der Waals surface area (Å²) in [5.41, 5.74) is 7.34. The average Bonchev–Trinajstić information content (AvgIpc) is 2.60. The Bertz CT molecular complexity index is 472. The maximum Gasteiger partial charge on any atom is 0.203 e. The molecule has 124 valence electrons. The smallest absolute Gasteiger partial charge is 0.203 e. The number of nitrogens with zero attached hydrogens (tertiary/aromatic N) is 1. The molecule has 5 heteroatoms. The summed E-state index contributed by atoms with van der Waals surface area (Å²) in [6.45, 7) is 6.07. The topological polar surface area (TPSA) is 57.0 Å². The zero-order chi connectivity index (χ0) is 16.2. The van der Waals surface area contributed by atoms with Gasteiger partial charge in [0, 0.05) is 12.0 Å². The van der Waals surface area contributed by atoms with Crippen molar-refractivity contribution in [1.29, 1.82) is 0 Å². The normalized spacial score (nSPS) is 18.0. The first kappa shape index (κ1) is 16.9. The van der Waals surface area contributed by atoms with E-state index in [0.717, 1.165) is 32.5 Å². The van der Waals surface area contributed by atoms with Crippen LogP contribution in [-0.4, -0.2) is 52.4 Å². The Morgan fingerprint density at radius 3 is 1.95 bits per heavy atom. The molecule has 0 aromatic heterocycles. The van der Waals surface area contributed by atoms with E-state index in [2.05, 4.69) is 24.0 Å². The molecule has 1 aliphatic heterocycles. The summed E-state index contributed by atoms with van der Waals surface area (Å²) in [6.07, 6.45) is 2.10. The van der Waals surface area contributed by atoms with E-state index >= 15 is 0 Å². The van der Waals surface area contributed by atoms with E-state index in [0.29, 0.717) is 23.8 Å². The largest absolute Gasteiger partial charge is 0.493 e. The molecule has 1 aromatic carbocycles. The molecule has 0 saturated carbocycles. The highest BCUT2D eigenvalue weighted by molar-refractivity contribution is 5.55. The van der Waals surface area contributed by atoms with Gasteiger partial charge in [-0.25, -0.2) is 0 Å². The lowest BCUT2D eigenvalue weighted by atomic mass is 9.72. The molecule has 0 spiro atoms. The first-order valence-corrected chi connectivity index (χ1v) is 7.87. The predicted octanol–water partition coefficient (Wildman–Crippen LogP) is 2.02. The number of nitrogens with two attached hydrogens (primary N) is 1. The maximum atomic E-state index is 6.18. The number of rotatable bonds is 6. The lowest BCUT2D eigenvalue weighted by Crippen LogP contribution is -2.46. The van der Waals surface area contributed by atoms with Crippen molar-refractivity contribution in [2.24, 2.45) is 5.73 Å². The van der Waals surface area contributed by atoms with Crippen molar-refractivity contribution in [3.63, 3.8) is 0 Å². The molecular formula is C17H28N2O3. The van der Waals surface area contributed by atoms with Gasteiger partial charge in [0.15, 0.2) is 11.5 Å². The lowest BCUT2D eigenvalue weighted by molar-refractivity contribution is 0.168. The SMILES string of the molecule is CCN1CCC(CN)(c2cc(OC)c(OC)c(OC)c2)CC1. The van der Waals surface area contributed by atoms with Gasteiger partial charge < -0.3 is 24.8 Å². The Morgan fingerprint density at radius 2 is 1.59 bits per heavy atom. The highest BCUT2D eigenvalue weighted by atomic mass is 16.5. The molecule has 1 heterocycles. The minimum Gasteiger partial charge on any atom is -0.493 e. The van der Waals surface area contributed by atoms with Crippen molar-refractivity contribution in [2.75, 3.05) is 47.5 Å². The standard InChI is InChI=1S/C17H28N2O3/c1-5-19-8-6-17(12-18,7-9-19)13-10-14(20-2)16(22-4)15(11-13)21-3/h10-11H,5-9,12,18H2,1-4H3. The molecular weight excluding hydrogens is 280 g/mol. The van der Waals surface area contributed by atoms with Gasteiger partial charge >= 0.3 is 0 Å². The molecule has 5 nitrogen and oxygen atoms in total. The van der Waals surface area contributed by atoms with E-state index in [1.165, 1.54) is 5.56 Å². The van der Waals surface area contributed by atoms with Crippen LogP contribution < -0.4 is 19.9 Å². The summed E-state index contributed by atoms with van der Waals surface area (Å²) >= 11 is 0. The van der Waals surface area contributed by atoms with Crippen LogP contribution in [-0.2, 0) is 5.41 Å². The molecule has 22 heavy (non-hydrogen) atoms. The minimum atomic E-state index is -0.0154. The maximum absolute atomic E-state index is 6.18. The van der Waals surface area contributed by atoms with Gasteiger partial charge in [-0.15, -0.1) is 0 Å². The van der Waals surface area contributed by atoms with Crippen molar-refractivity contribution in [1.82, 2.24) is 4.90 Å². The van der Waals surface area contributed by atoms with Gasteiger partial charge in [-0.1, -0.05) is 6.92 Å². The summed E-state index contributed by atoms with van der Waals surface area (Å²) in [5, 5.41) is 0. The second-order valence-corrected chi connectivity index (χ2v) is 5.83. The number of methoxy groups -OCH3 is 3. The fourth-order valence-corrected chi connectivity index (χ4v) is 3.30. The fourth-order valence-electron chi connectivity index (χ4n) is 3.30. The van der Waals surface area contributed by atoms with E-state index in [1.54, 1.807) is 21.3 Å². The monoisotopic (exact) mass is 308 g/mol. The average molecular weight is 308 g/mol. The number of benzene rings is 1. The van der Waals surface area contributed by atoms with Crippen LogP contribution >= 0.6 is 0 Å². The van der Waals surface area contributed by atoms with Gasteiger partial charge in [0.25, 0.3) is 0 Å². The fraction of sp³-hybridized carbons (Fsp3) is 0.647. The number of likely N-dealkylation sites (tertiary alicyclic amines) is 1. The van der Waals surface area contributed by atoms with Gasteiger partial charge in [0.2, 0.25) is 5.75 Å². The second-order valence-electron chi connectivity index (χ2n) is 5.83. The molecule has 0 bridgehead atoms. The van der Waals surface area contributed by atoms with Crippen molar-refractivity contribution >= 4 is 0 Å². The second kappa shape index (κ2) is 7.20. The van der Waals surface area contributed by atoms with Gasteiger partial charge in [-0.2, -0.15) is 0 Å². The van der Waals surface area contributed by atoms with E-state index in [1.807, 2.05) is 0 Å². The third-order valence-corrected chi connectivity index (χ3v) is 4.93. The van der Waals surface area contributed by atoms with Crippen molar-refractivity contribution in [3.8, 4) is 17.2 Å². The summed E-state index contributed by atoms with van der Waals surface area (Å²) < 4.78 is 16.4. The van der Waals surface area contributed by atoms with Crippen LogP contribution in [0.2, 0.25) is 0 Å². The Labute approximate surface area is 133 Å². The Morgan fingerprint density at radius 1 is 1.05 bits per heavy atom. The van der Waals surface area contributed by atoms with Crippen molar-refractivity contribution in [2.45, 2.75) is 25.2 Å². The first-order chi connectivity index (χ1) is 10.6. The van der Waals surface area contributed by atoms with Crippen LogP contribution in [0.1, 0.15) is 25.3 Å². The van der Waals surface area contributed by atoms with Crippen LogP contribution in [0, 0.1) is 0 Å². The summed E-state index contributed by atoms with van der Waals surface area (Å²) in [7, 11) is 4.92. The minimum absolute atomic E-state index is 0.0154. The van der Waals surface area contributed by atoms with Gasteiger partial charge in [0.1, 0.15) is 0 Å². The lowest BCUT2D eigenvalue weighted by Gasteiger charge is -2.41. The molecule has 0 amide bonds. The first-order valence-electron chi connectivity index (χ1n) is 7.87. The molecule has 0 atom stereocenters. The number of ether oxygens (including phenoxy) is 3. The van der Waals surface area contributed by atoms with Crippen LogP contribution in [0.15, 0.2) is 12.1 Å². The van der Waals surface area contributed by atoms with Crippen molar-refractivity contribution < 1.29 is 14.2 Å². The molecule has 2 rings (SSSR count). The third kappa shape index (κ3) is 3.01. The number of hydrogen-bond donors (Lipinski definition) is 1. The summed E-state index contributed by atoms with van der Waals surface area (Å²) in [5.74, 6) is 2.03. The molecule has 1 aliphatic rings. The molecule has 1 fully saturated rings.